The summed E-state index contributed by atoms with van der Waals surface area (Å²) in [5.74, 6) is -0.242. The Morgan fingerprint density at radius 2 is 1.47 bits per heavy atom. The quantitative estimate of drug-likeness (QED) is 0.858. The normalized spacial score (nSPS) is 12.5. The summed E-state index contributed by atoms with van der Waals surface area (Å²) in [5.41, 5.74) is 5.50. The lowest BCUT2D eigenvalue weighted by atomic mass is 9.91. The number of aryl methyl sites for hydroxylation is 4. The molecule has 1 nitrogen and oxygen atoms in total. The maximum atomic E-state index is 13.3. The summed E-state index contributed by atoms with van der Waals surface area (Å²) in [4.78, 5) is 0. The van der Waals surface area contributed by atoms with Crippen LogP contribution in [0.3, 0.4) is 0 Å². The zero-order valence-corrected chi connectivity index (χ0v) is 11.8. The molecule has 0 amide bonds. The third kappa shape index (κ3) is 2.69. The minimum atomic E-state index is -0.708. The molecule has 0 fully saturated rings. The van der Waals surface area contributed by atoms with Gasteiger partial charge in [0.05, 0.1) is 0 Å². The Balaban J connectivity index is 2.49. The van der Waals surface area contributed by atoms with Gasteiger partial charge in [-0.1, -0.05) is 29.8 Å². The van der Waals surface area contributed by atoms with Crippen molar-refractivity contribution < 1.29 is 9.50 Å². The van der Waals surface area contributed by atoms with E-state index in [9.17, 15) is 9.50 Å². The van der Waals surface area contributed by atoms with Crippen molar-refractivity contribution in [3.05, 3.63) is 69.5 Å². The number of aliphatic hydroxyl groups is 1. The van der Waals surface area contributed by atoms with Gasteiger partial charge in [0.15, 0.2) is 0 Å². The molecule has 2 rings (SSSR count). The fourth-order valence-corrected chi connectivity index (χ4v) is 2.63. The predicted molar refractivity (Wildman–Crippen MR) is 75.9 cm³/mol. The molecule has 0 spiro atoms. The fraction of sp³-hybridized carbons (Fsp3) is 0.294. The van der Waals surface area contributed by atoms with Crippen LogP contribution in [-0.2, 0) is 0 Å². The summed E-state index contributed by atoms with van der Waals surface area (Å²) in [5, 5.41) is 10.5. The van der Waals surface area contributed by atoms with E-state index < -0.39 is 6.10 Å². The first kappa shape index (κ1) is 13.8. The fourth-order valence-electron chi connectivity index (χ4n) is 2.63. The summed E-state index contributed by atoms with van der Waals surface area (Å²) in [6.07, 6.45) is -0.708. The third-order valence-electron chi connectivity index (χ3n) is 3.51. The van der Waals surface area contributed by atoms with Crippen LogP contribution in [0.25, 0.3) is 0 Å². The van der Waals surface area contributed by atoms with Crippen LogP contribution in [-0.4, -0.2) is 5.11 Å². The average Bonchev–Trinajstić information content (AvgIpc) is 2.31. The largest absolute Gasteiger partial charge is 0.384 e. The van der Waals surface area contributed by atoms with Gasteiger partial charge < -0.3 is 5.11 Å². The van der Waals surface area contributed by atoms with E-state index in [1.807, 2.05) is 20.8 Å². The zero-order valence-electron chi connectivity index (χ0n) is 11.8. The summed E-state index contributed by atoms with van der Waals surface area (Å²) in [7, 11) is 0. The van der Waals surface area contributed by atoms with E-state index in [0.29, 0.717) is 5.56 Å². The maximum absolute atomic E-state index is 13.3. The van der Waals surface area contributed by atoms with E-state index in [1.54, 1.807) is 19.1 Å². The molecule has 0 heterocycles. The second-order valence-electron chi connectivity index (χ2n) is 5.22. The second kappa shape index (κ2) is 5.14. The predicted octanol–water partition coefficient (Wildman–Crippen LogP) is 4.14. The lowest BCUT2D eigenvalue weighted by Crippen LogP contribution is -2.05. The van der Waals surface area contributed by atoms with Gasteiger partial charge in [-0.05, 0) is 61.6 Å². The minimum absolute atomic E-state index is 0.242. The molecule has 0 saturated carbocycles. The third-order valence-corrected chi connectivity index (χ3v) is 3.51. The molecule has 1 atom stereocenters. The van der Waals surface area contributed by atoms with Crippen LogP contribution < -0.4 is 0 Å². The maximum Gasteiger partial charge on any atom is 0.126 e. The molecule has 100 valence electrons. The summed E-state index contributed by atoms with van der Waals surface area (Å²) < 4.78 is 13.3. The van der Waals surface area contributed by atoms with Gasteiger partial charge >= 0.3 is 0 Å². The molecule has 1 N–H and O–H groups in total. The zero-order chi connectivity index (χ0) is 14.2. The molecule has 2 aromatic carbocycles. The highest BCUT2D eigenvalue weighted by atomic mass is 19.1. The van der Waals surface area contributed by atoms with Gasteiger partial charge in [0.25, 0.3) is 0 Å². The van der Waals surface area contributed by atoms with Crippen LogP contribution >= 0.6 is 0 Å². The van der Waals surface area contributed by atoms with Crippen LogP contribution in [0, 0.1) is 33.5 Å². The Morgan fingerprint density at radius 3 is 2.00 bits per heavy atom. The molecule has 0 aliphatic carbocycles. The molecule has 0 saturated heterocycles. The molecule has 0 aliphatic heterocycles. The van der Waals surface area contributed by atoms with Gasteiger partial charge in [0, 0.05) is 0 Å². The van der Waals surface area contributed by atoms with Crippen molar-refractivity contribution in [2.24, 2.45) is 0 Å². The Bertz CT molecular complexity index is 594. The molecule has 2 aromatic rings. The number of rotatable bonds is 2. The summed E-state index contributed by atoms with van der Waals surface area (Å²) in [6.45, 7) is 7.74. The van der Waals surface area contributed by atoms with E-state index in [2.05, 4.69) is 12.1 Å². The highest BCUT2D eigenvalue weighted by molar-refractivity contribution is 5.43. The van der Waals surface area contributed by atoms with E-state index >= 15 is 0 Å². The first-order valence-corrected chi connectivity index (χ1v) is 6.42. The van der Waals surface area contributed by atoms with Crippen molar-refractivity contribution in [2.45, 2.75) is 33.8 Å². The van der Waals surface area contributed by atoms with Gasteiger partial charge in [-0.15, -0.1) is 0 Å². The molecule has 0 aliphatic rings. The van der Waals surface area contributed by atoms with Crippen molar-refractivity contribution in [1.29, 1.82) is 0 Å². The summed E-state index contributed by atoms with van der Waals surface area (Å²) >= 11 is 0. The number of halogens is 1. The van der Waals surface area contributed by atoms with Crippen LogP contribution in [0.4, 0.5) is 4.39 Å². The monoisotopic (exact) mass is 258 g/mol. The number of hydrogen-bond acceptors (Lipinski definition) is 1. The lowest BCUT2D eigenvalue weighted by Gasteiger charge is -2.18. The van der Waals surface area contributed by atoms with Crippen molar-refractivity contribution in [3.63, 3.8) is 0 Å². The molecule has 0 bridgehead atoms. The first-order chi connectivity index (χ1) is 8.90. The van der Waals surface area contributed by atoms with Gasteiger partial charge in [-0.3, -0.25) is 0 Å². The molecule has 0 radical (unpaired) electrons. The van der Waals surface area contributed by atoms with Gasteiger partial charge in [0.1, 0.15) is 11.9 Å². The molecular weight excluding hydrogens is 239 g/mol. The topological polar surface area (TPSA) is 20.2 Å². The van der Waals surface area contributed by atoms with Gasteiger partial charge in [-0.25, -0.2) is 4.39 Å². The van der Waals surface area contributed by atoms with E-state index in [0.717, 1.165) is 22.3 Å². The Morgan fingerprint density at radius 1 is 0.895 bits per heavy atom. The Labute approximate surface area is 113 Å². The lowest BCUT2D eigenvalue weighted by molar-refractivity contribution is 0.218. The van der Waals surface area contributed by atoms with Gasteiger partial charge in [0.2, 0.25) is 0 Å². The molecule has 0 aromatic heterocycles. The van der Waals surface area contributed by atoms with Crippen LogP contribution in [0.15, 0.2) is 30.3 Å². The smallest absolute Gasteiger partial charge is 0.126 e. The standard InChI is InChI=1S/C17H19FO/c1-10-7-12(3)16(13(4)8-10)17(19)14-5-6-15(18)11(2)9-14/h5-9,17,19H,1-4H3. The molecule has 1 unspecified atom stereocenters. The van der Waals surface area contributed by atoms with Crippen LogP contribution in [0.2, 0.25) is 0 Å². The highest BCUT2D eigenvalue weighted by Crippen LogP contribution is 2.29. The van der Waals surface area contributed by atoms with E-state index in [1.165, 1.54) is 11.6 Å². The number of aliphatic hydroxyl groups excluding tert-OH is 1. The van der Waals surface area contributed by atoms with Crippen molar-refractivity contribution in [2.75, 3.05) is 0 Å². The SMILES string of the molecule is Cc1cc(C)c(C(O)c2ccc(F)c(C)c2)c(C)c1. The minimum Gasteiger partial charge on any atom is -0.384 e. The average molecular weight is 258 g/mol. The van der Waals surface area contributed by atoms with E-state index in [4.69, 9.17) is 0 Å². The first-order valence-electron chi connectivity index (χ1n) is 6.42. The molecule has 2 heteroatoms. The van der Waals surface area contributed by atoms with Crippen LogP contribution in [0.5, 0.6) is 0 Å². The number of benzene rings is 2. The van der Waals surface area contributed by atoms with E-state index in [-0.39, 0.29) is 5.82 Å². The molecular formula is C17H19FO. The van der Waals surface area contributed by atoms with Crippen molar-refractivity contribution >= 4 is 0 Å². The second-order valence-corrected chi connectivity index (χ2v) is 5.22. The Kier molecular flexibility index (Phi) is 3.72. The molecule has 19 heavy (non-hydrogen) atoms. The Hall–Kier alpha value is -1.67. The summed E-state index contributed by atoms with van der Waals surface area (Å²) in [6, 6.07) is 8.88. The van der Waals surface area contributed by atoms with Crippen LogP contribution in [0.1, 0.15) is 39.5 Å². The van der Waals surface area contributed by atoms with Gasteiger partial charge in [-0.2, -0.15) is 0 Å². The highest BCUT2D eigenvalue weighted by Gasteiger charge is 2.16. The van der Waals surface area contributed by atoms with Crippen molar-refractivity contribution in [1.82, 2.24) is 0 Å². The number of hydrogen-bond donors (Lipinski definition) is 1. The van der Waals surface area contributed by atoms with Crippen molar-refractivity contribution in [3.8, 4) is 0 Å².